The second kappa shape index (κ2) is 8.94. The molecule has 31 heavy (non-hydrogen) atoms. The molecular weight excluding hydrogens is 422 g/mol. The maximum atomic E-state index is 12.9. The first kappa shape index (κ1) is 22.6. The van der Waals surface area contributed by atoms with E-state index in [0.717, 1.165) is 0 Å². The van der Waals surface area contributed by atoms with E-state index in [-0.39, 0.29) is 35.4 Å². The summed E-state index contributed by atoms with van der Waals surface area (Å²) < 4.78 is 27.0. The van der Waals surface area contributed by atoms with Gasteiger partial charge in [-0.15, -0.1) is 0 Å². The third kappa shape index (κ3) is 4.80. The number of hydrogen-bond donors (Lipinski definition) is 1. The fourth-order valence-corrected chi connectivity index (χ4v) is 5.03. The van der Waals surface area contributed by atoms with Gasteiger partial charge in [-0.05, 0) is 44.9 Å². The number of amides is 1. The van der Waals surface area contributed by atoms with Gasteiger partial charge < -0.3 is 5.32 Å². The van der Waals surface area contributed by atoms with Crippen molar-refractivity contribution in [2.24, 2.45) is 5.92 Å². The summed E-state index contributed by atoms with van der Waals surface area (Å²) in [5.41, 5.74) is 1.11. The molecule has 0 aliphatic carbocycles. The van der Waals surface area contributed by atoms with Crippen LogP contribution in [0, 0.1) is 23.0 Å². The lowest BCUT2D eigenvalue weighted by Gasteiger charge is -2.30. The number of nitro groups is 1. The Morgan fingerprint density at radius 2 is 1.71 bits per heavy atom. The minimum Gasteiger partial charge on any atom is -0.325 e. The minimum atomic E-state index is -3.72. The Labute approximate surface area is 180 Å². The molecule has 0 atom stereocenters. The van der Waals surface area contributed by atoms with Crippen LogP contribution < -0.4 is 5.32 Å². The summed E-state index contributed by atoms with van der Waals surface area (Å²) in [6.07, 6.45) is 0.676. The van der Waals surface area contributed by atoms with Gasteiger partial charge in [-0.3, -0.25) is 19.7 Å². The van der Waals surface area contributed by atoms with Crippen LogP contribution in [0.1, 0.15) is 35.7 Å². The summed E-state index contributed by atoms with van der Waals surface area (Å²) in [5, 5.41) is 13.8. The number of rotatable bonds is 6. The van der Waals surface area contributed by atoms with E-state index in [1.165, 1.54) is 47.6 Å². The molecule has 1 aliphatic rings. The molecule has 1 fully saturated rings. The van der Waals surface area contributed by atoms with E-state index in [4.69, 9.17) is 0 Å². The first-order chi connectivity index (χ1) is 14.6. The smallest absolute Gasteiger partial charge is 0.274 e. The lowest BCUT2D eigenvalue weighted by Crippen LogP contribution is -2.41. The Kier molecular flexibility index (Phi) is 6.51. The summed E-state index contributed by atoms with van der Waals surface area (Å²) in [6, 6.07) is 10.3. The summed E-state index contributed by atoms with van der Waals surface area (Å²) in [5.74, 6) is -0.827. The maximum Gasteiger partial charge on any atom is 0.274 e. The number of hydrogen-bond acceptors (Lipinski definition) is 6. The van der Waals surface area contributed by atoms with Crippen molar-refractivity contribution in [3.63, 3.8) is 0 Å². The molecule has 0 spiro atoms. The monoisotopic (exact) mass is 445 g/mol. The maximum absolute atomic E-state index is 12.9. The highest BCUT2D eigenvalue weighted by atomic mass is 32.2. The molecule has 0 unspecified atom stereocenters. The number of nitro benzene ring substituents is 1. The number of sulfonamides is 1. The Balaban J connectivity index is 1.65. The molecule has 1 amide bonds. The Bertz CT molecular complexity index is 1120. The van der Waals surface area contributed by atoms with Crippen molar-refractivity contribution < 1.29 is 22.9 Å². The molecule has 9 nitrogen and oxygen atoms in total. The topological polar surface area (TPSA) is 127 Å². The van der Waals surface area contributed by atoms with Crippen molar-refractivity contribution in [2.75, 3.05) is 18.4 Å². The van der Waals surface area contributed by atoms with Crippen molar-refractivity contribution in [2.45, 2.75) is 31.6 Å². The quantitative estimate of drug-likeness (QED) is 0.413. The standard InChI is InChI=1S/C21H23N3O6S/c1-14-19(4-3-5-20(14)24(27)28)22-21(26)17-10-12-23(13-11-17)31(29,30)18-8-6-16(7-9-18)15(2)25/h3-9,17H,10-13H2,1-2H3,(H,22,26). The average Bonchev–Trinajstić information content (AvgIpc) is 2.75. The normalized spacial score (nSPS) is 15.4. The molecule has 1 N–H and O–H groups in total. The van der Waals surface area contributed by atoms with Crippen molar-refractivity contribution >= 4 is 33.1 Å². The molecule has 2 aromatic carbocycles. The lowest BCUT2D eigenvalue weighted by molar-refractivity contribution is -0.385. The molecule has 1 aliphatic heterocycles. The van der Waals surface area contributed by atoms with Crippen LogP contribution in [0.25, 0.3) is 0 Å². The van der Waals surface area contributed by atoms with Gasteiger partial charge in [0.2, 0.25) is 15.9 Å². The molecule has 3 rings (SSSR count). The van der Waals surface area contributed by atoms with Crippen LogP contribution in [-0.4, -0.2) is 42.4 Å². The fraction of sp³-hybridized carbons (Fsp3) is 0.333. The highest BCUT2D eigenvalue weighted by molar-refractivity contribution is 7.89. The first-order valence-corrected chi connectivity index (χ1v) is 11.2. The summed E-state index contributed by atoms with van der Waals surface area (Å²) >= 11 is 0. The molecule has 0 radical (unpaired) electrons. The predicted octanol–water partition coefficient (Wildman–Crippen LogP) is 3.15. The zero-order valence-electron chi connectivity index (χ0n) is 17.2. The molecule has 10 heteroatoms. The van der Waals surface area contributed by atoms with Gasteiger partial charge in [-0.1, -0.05) is 18.2 Å². The average molecular weight is 445 g/mol. The van der Waals surface area contributed by atoms with Gasteiger partial charge in [0.05, 0.1) is 21.1 Å². The first-order valence-electron chi connectivity index (χ1n) is 9.77. The van der Waals surface area contributed by atoms with Gasteiger partial charge in [0, 0.05) is 30.6 Å². The summed E-state index contributed by atoms with van der Waals surface area (Å²) in [4.78, 5) is 34.7. The number of nitrogens with zero attached hydrogens (tertiary/aromatic N) is 2. The third-order valence-electron chi connectivity index (χ3n) is 5.48. The number of carbonyl (C=O) groups excluding carboxylic acids is 2. The van der Waals surface area contributed by atoms with Gasteiger partial charge >= 0.3 is 0 Å². The second-order valence-corrected chi connectivity index (χ2v) is 9.39. The van der Waals surface area contributed by atoms with Gasteiger partial charge in [-0.25, -0.2) is 8.42 Å². The van der Waals surface area contributed by atoms with Gasteiger partial charge in [-0.2, -0.15) is 4.31 Å². The predicted molar refractivity (Wildman–Crippen MR) is 114 cm³/mol. The van der Waals surface area contributed by atoms with Crippen LogP contribution >= 0.6 is 0 Å². The summed E-state index contributed by atoms with van der Waals surface area (Å²) in [6.45, 7) is 3.35. The van der Waals surface area contributed by atoms with Crippen LogP contribution in [0.2, 0.25) is 0 Å². The van der Waals surface area contributed by atoms with Crippen molar-refractivity contribution in [3.8, 4) is 0 Å². The molecule has 1 heterocycles. The van der Waals surface area contributed by atoms with Gasteiger partial charge in [0.15, 0.2) is 5.78 Å². The van der Waals surface area contributed by atoms with Crippen LogP contribution in [0.5, 0.6) is 0 Å². The second-order valence-electron chi connectivity index (χ2n) is 7.45. The Morgan fingerprint density at radius 3 is 2.26 bits per heavy atom. The molecule has 164 valence electrons. The number of anilines is 1. The van der Waals surface area contributed by atoms with E-state index < -0.39 is 20.9 Å². The molecule has 0 aromatic heterocycles. The Hall–Kier alpha value is -3.11. The zero-order chi connectivity index (χ0) is 22.8. The van der Waals surface area contributed by atoms with Crippen LogP contribution in [0.4, 0.5) is 11.4 Å². The number of benzene rings is 2. The van der Waals surface area contributed by atoms with E-state index >= 15 is 0 Å². The number of Topliss-reactive ketones (excluding diaryl/α,β-unsaturated/α-hetero) is 1. The third-order valence-corrected chi connectivity index (χ3v) is 7.40. The molecule has 0 saturated carbocycles. The summed E-state index contributed by atoms with van der Waals surface area (Å²) in [7, 11) is -3.72. The van der Waals surface area contributed by atoms with Crippen molar-refractivity contribution in [1.82, 2.24) is 4.31 Å². The van der Waals surface area contributed by atoms with Crippen LogP contribution in [0.3, 0.4) is 0 Å². The molecule has 2 aromatic rings. The molecule has 0 bridgehead atoms. The number of piperidine rings is 1. The Morgan fingerprint density at radius 1 is 1.10 bits per heavy atom. The van der Waals surface area contributed by atoms with E-state index in [0.29, 0.717) is 29.7 Å². The zero-order valence-corrected chi connectivity index (χ0v) is 18.0. The number of ketones is 1. The van der Waals surface area contributed by atoms with E-state index in [9.17, 15) is 28.1 Å². The van der Waals surface area contributed by atoms with E-state index in [1.54, 1.807) is 13.0 Å². The van der Waals surface area contributed by atoms with Gasteiger partial charge in [0.1, 0.15) is 0 Å². The number of carbonyl (C=O) groups is 2. The highest BCUT2D eigenvalue weighted by Gasteiger charge is 2.32. The SMILES string of the molecule is CC(=O)c1ccc(S(=O)(=O)N2CCC(C(=O)Nc3cccc([N+](=O)[O-])c3C)CC2)cc1. The van der Waals surface area contributed by atoms with Crippen LogP contribution in [-0.2, 0) is 14.8 Å². The number of nitrogens with one attached hydrogen (secondary N) is 1. The lowest BCUT2D eigenvalue weighted by atomic mass is 9.97. The van der Waals surface area contributed by atoms with E-state index in [1.807, 2.05) is 0 Å². The molecule has 1 saturated heterocycles. The van der Waals surface area contributed by atoms with Crippen LogP contribution in [0.15, 0.2) is 47.4 Å². The largest absolute Gasteiger partial charge is 0.325 e. The highest BCUT2D eigenvalue weighted by Crippen LogP contribution is 2.28. The fourth-order valence-electron chi connectivity index (χ4n) is 3.56. The van der Waals surface area contributed by atoms with Crippen molar-refractivity contribution in [3.05, 3.63) is 63.7 Å². The van der Waals surface area contributed by atoms with Gasteiger partial charge in [0.25, 0.3) is 5.69 Å². The molecular formula is C21H23N3O6S. The van der Waals surface area contributed by atoms with E-state index in [2.05, 4.69) is 5.32 Å². The van der Waals surface area contributed by atoms with Crippen molar-refractivity contribution in [1.29, 1.82) is 0 Å². The minimum absolute atomic E-state index is 0.0745.